The van der Waals surface area contributed by atoms with E-state index in [2.05, 4.69) is 30.3 Å². The predicted molar refractivity (Wildman–Crippen MR) is 74.3 cm³/mol. The summed E-state index contributed by atoms with van der Waals surface area (Å²) in [5.74, 6) is 0.596. The summed E-state index contributed by atoms with van der Waals surface area (Å²) in [4.78, 5) is 2.35. The van der Waals surface area contributed by atoms with Crippen LogP contribution < -0.4 is 11.1 Å². The van der Waals surface area contributed by atoms with E-state index in [1.165, 1.54) is 0 Å². The molecule has 0 bridgehead atoms. The molecule has 1 saturated heterocycles. The summed E-state index contributed by atoms with van der Waals surface area (Å²) in [6, 6.07) is 7.98. The number of likely N-dealkylation sites (tertiary alicyclic amines) is 1. The van der Waals surface area contributed by atoms with E-state index in [4.69, 9.17) is 11.0 Å². The molecule has 0 saturated carbocycles. The Kier molecular flexibility index (Phi) is 3.73. The third-order valence-electron chi connectivity index (χ3n) is 3.63. The van der Waals surface area contributed by atoms with E-state index in [-0.39, 0.29) is 0 Å². The summed E-state index contributed by atoms with van der Waals surface area (Å²) in [6.07, 6.45) is 1.12. The van der Waals surface area contributed by atoms with Crippen LogP contribution in [-0.4, -0.2) is 31.1 Å². The number of nitrogens with one attached hydrogen (secondary N) is 1. The quantitative estimate of drug-likeness (QED) is 0.780. The van der Waals surface area contributed by atoms with Crippen molar-refractivity contribution in [3.63, 3.8) is 0 Å². The molecule has 1 aromatic carbocycles. The highest BCUT2D eigenvalue weighted by Gasteiger charge is 2.24. The van der Waals surface area contributed by atoms with Gasteiger partial charge in [0.1, 0.15) is 0 Å². The fourth-order valence-electron chi connectivity index (χ4n) is 2.53. The Morgan fingerprint density at radius 3 is 2.89 bits per heavy atom. The molecule has 0 radical (unpaired) electrons. The molecule has 0 amide bonds. The summed E-state index contributed by atoms with van der Waals surface area (Å²) in [6.45, 7) is 4.47. The van der Waals surface area contributed by atoms with E-state index in [9.17, 15) is 0 Å². The molecular formula is C14H20N4. The lowest BCUT2D eigenvalue weighted by atomic mass is 9.94. The van der Waals surface area contributed by atoms with Crippen molar-refractivity contribution in [3.8, 4) is 6.07 Å². The Hall–Kier alpha value is -1.73. The van der Waals surface area contributed by atoms with Crippen LogP contribution in [0.4, 0.5) is 11.4 Å². The Labute approximate surface area is 108 Å². The van der Waals surface area contributed by atoms with Crippen molar-refractivity contribution >= 4 is 11.4 Å². The molecule has 3 N–H and O–H groups in total. The normalized spacial score (nSPS) is 24.5. The predicted octanol–water partition coefficient (Wildman–Crippen LogP) is 1.89. The lowest BCUT2D eigenvalue weighted by Crippen LogP contribution is -2.43. The van der Waals surface area contributed by atoms with Gasteiger partial charge in [0.05, 0.1) is 23.0 Å². The molecule has 2 rings (SSSR count). The van der Waals surface area contributed by atoms with Gasteiger partial charge in [0.2, 0.25) is 0 Å². The van der Waals surface area contributed by atoms with E-state index in [0.29, 0.717) is 23.2 Å². The topological polar surface area (TPSA) is 65.1 Å². The smallest absolute Gasteiger partial charge is 0.0992 e. The summed E-state index contributed by atoms with van der Waals surface area (Å²) < 4.78 is 0. The minimum absolute atomic E-state index is 0.455. The molecule has 1 heterocycles. The monoisotopic (exact) mass is 244 g/mol. The summed E-state index contributed by atoms with van der Waals surface area (Å²) in [5.41, 5.74) is 8.16. The number of nitriles is 1. The van der Waals surface area contributed by atoms with Gasteiger partial charge in [-0.25, -0.2) is 0 Å². The molecule has 2 atom stereocenters. The number of rotatable bonds is 2. The molecule has 4 nitrogen and oxygen atoms in total. The van der Waals surface area contributed by atoms with Crippen molar-refractivity contribution in [2.45, 2.75) is 19.4 Å². The number of nitrogens with zero attached hydrogens (tertiary/aromatic N) is 2. The van der Waals surface area contributed by atoms with Gasteiger partial charge in [-0.05, 0) is 44.1 Å². The van der Waals surface area contributed by atoms with E-state index in [1.54, 1.807) is 12.1 Å². The Morgan fingerprint density at radius 2 is 2.28 bits per heavy atom. The average molecular weight is 244 g/mol. The van der Waals surface area contributed by atoms with E-state index in [1.807, 2.05) is 6.07 Å². The molecule has 0 aliphatic carbocycles. The third kappa shape index (κ3) is 2.74. The van der Waals surface area contributed by atoms with Crippen LogP contribution in [0.2, 0.25) is 0 Å². The molecule has 1 aromatic rings. The highest BCUT2D eigenvalue weighted by atomic mass is 15.1. The second kappa shape index (κ2) is 5.28. The molecule has 0 aromatic heterocycles. The van der Waals surface area contributed by atoms with Gasteiger partial charge in [-0.3, -0.25) is 0 Å². The number of piperidine rings is 1. The van der Waals surface area contributed by atoms with Crippen LogP contribution in [0, 0.1) is 17.2 Å². The minimum Gasteiger partial charge on any atom is -0.397 e. The van der Waals surface area contributed by atoms with Gasteiger partial charge < -0.3 is 16.0 Å². The molecule has 1 aliphatic heterocycles. The van der Waals surface area contributed by atoms with Crippen molar-refractivity contribution in [2.75, 3.05) is 31.2 Å². The Bertz CT molecular complexity index is 463. The Morgan fingerprint density at radius 1 is 1.50 bits per heavy atom. The van der Waals surface area contributed by atoms with Crippen molar-refractivity contribution < 1.29 is 0 Å². The summed E-state index contributed by atoms with van der Waals surface area (Å²) in [5, 5.41) is 12.3. The molecule has 96 valence electrons. The molecule has 18 heavy (non-hydrogen) atoms. The number of benzene rings is 1. The maximum atomic E-state index is 8.81. The zero-order valence-electron chi connectivity index (χ0n) is 11.0. The van der Waals surface area contributed by atoms with Gasteiger partial charge in [-0.1, -0.05) is 6.92 Å². The second-order valence-electron chi connectivity index (χ2n) is 5.19. The highest BCUT2D eigenvalue weighted by Crippen LogP contribution is 2.25. The number of hydrogen-bond donors (Lipinski definition) is 2. The molecule has 2 unspecified atom stereocenters. The molecular weight excluding hydrogens is 224 g/mol. The van der Waals surface area contributed by atoms with E-state index < -0.39 is 0 Å². The van der Waals surface area contributed by atoms with Crippen LogP contribution in [0.5, 0.6) is 0 Å². The van der Waals surface area contributed by atoms with E-state index in [0.717, 1.165) is 25.2 Å². The zero-order valence-corrected chi connectivity index (χ0v) is 11.0. The number of nitrogens with two attached hydrogens (primary N) is 1. The van der Waals surface area contributed by atoms with E-state index >= 15 is 0 Å². The van der Waals surface area contributed by atoms with Gasteiger partial charge in [-0.2, -0.15) is 5.26 Å². The average Bonchev–Trinajstić information content (AvgIpc) is 2.34. The Balaban J connectivity index is 2.08. The van der Waals surface area contributed by atoms with Crippen LogP contribution in [0.15, 0.2) is 18.2 Å². The standard InChI is InChI=1S/C14H20N4/c1-10-9-18(2)6-5-13(10)17-14-4-3-11(8-15)7-12(14)16/h3-4,7,10,13,17H,5-6,9,16H2,1-2H3. The van der Waals surface area contributed by atoms with Gasteiger partial charge in [-0.15, -0.1) is 0 Å². The van der Waals surface area contributed by atoms with Crippen LogP contribution in [0.25, 0.3) is 0 Å². The SMILES string of the molecule is CC1CN(C)CCC1Nc1ccc(C#N)cc1N. The third-order valence-corrected chi connectivity index (χ3v) is 3.63. The first-order valence-electron chi connectivity index (χ1n) is 6.35. The summed E-state index contributed by atoms with van der Waals surface area (Å²) >= 11 is 0. The lowest BCUT2D eigenvalue weighted by Gasteiger charge is -2.36. The van der Waals surface area contributed by atoms with Crippen LogP contribution in [0.1, 0.15) is 18.9 Å². The molecule has 4 heteroatoms. The second-order valence-corrected chi connectivity index (χ2v) is 5.19. The van der Waals surface area contributed by atoms with Crippen molar-refractivity contribution in [1.82, 2.24) is 4.90 Å². The molecule has 1 fully saturated rings. The van der Waals surface area contributed by atoms with Crippen LogP contribution in [0.3, 0.4) is 0 Å². The first kappa shape index (κ1) is 12.7. The number of hydrogen-bond acceptors (Lipinski definition) is 4. The van der Waals surface area contributed by atoms with Crippen LogP contribution in [-0.2, 0) is 0 Å². The van der Waals surface area contributed by atoms with Gasteiger partial charge in [0.25, 0.3) is 0 Å². The fourth-order valence-corrected chi connectivity index (χ4v) is 2.53. The minimum atomic E-state index is 0.455. The lowest BCUT2D eigenvalue weighted by molar-refractivity contribution is 0.206. The van der Waals surface area contributed by atoms with Crippen LogP contribution >= 0.6 is 0 Å². The first-order valence-corrected chi connectivity index (χ1v) is 6.35. The maximum Gasteiger partial charge on any atom is 0.0992 e. The largest absolute Gasteiger partial charge is 0.397 e. The molecule has 0 spiro atoms. The van der Waals surface area contributed by atoms with Gasteiger partial charge >= 0.3 is 0 Å². The fraction of sp³-hybridized carbons (Fsp3) is 0.500. The van der Waals surface area contributed by atoms with Crippen molar-refractivity contribution in [1.29, 1.82) is 5.26 Å². The first-order chi connectivity index (χ1) is 8.60. The highest BCUT2D eigenvalue weighted by molar-refractivity contribution is 5.68. The maximum absolute atomic E-state index is 8.81. The zero-order chi connectivity index (χ0) is 13.1. The number of anilines is 2. The van der Waals surface area contributed by atoms with Crippen molar-refractivity contribution in [2.24, 2.45) is 5.92 Å². The number of nitrogen functional groups attached to an aromatic ring is 1. The van der Waals surface area contributed by atoms with Crippen molar-refractivity contribution in [3.05, 3.63) is 23.8 Å². The molecule has 1 aliphatic rings. The van der Waals surface area contributed by atoms with Gasteiger partial charge in [0.15, 0.2) is 0 Å². The summed E-state index contributed by atoms with van der Waals surface area (Å²) in [7, 11) is 2.16. The van der Waals surface area contributed by atoms with Gasteiger partial charge in [0, 0.05) is 12.6 Å².